The van der Waals surface area contributed by atoms with Crippen LogP contribution < -0.4 is 10.2 Å². The van der Waals surface area contributed by atoms with E-state index in [0.29, 0.717) is 10.6 Å². The number of benzene rings is 3. The summed E-state index contributed by atoms with van der Waals surface area (Å²) in [5, 5.41) is 3.67. The van der Waals surface area contributed by atoms with Crippen molar-refractivity contribution in [3.05, 3.63) is 88.7 Å². The topological polar surface area (TPSA) is 50.2 Å². The van der Waals surface area contributed by atoms with Crippen LogP contribution in [0.5, 0.6) is 0 Å². The number of rotatable bonds is 3. The van der Waals surface area contributed by atoms with Gasteiger partial charge in [-0.2, -0.15) is 0 Å². The molecule has 30 heavy (non-hydrogen) atoms. The third-order valence-corrected chi connectivity index (χ3v) is 5.75. The lowest BCUT2D eigenvalue weighted by molar-refractivity contribution is 0.102. The molecule has 0 bridgehead atoms. The number of aromatic nitrogens is 2. The summed E-state index contributed by atoms with van der Waals surface area (Å²) in [6, 6.07) is 21.4. The second-order valence-corrected chi connectivity index (χ2v) is 8.04. The van der Waals surface area contributed by atoms with Gasteiger partial charge in [-0.3, -0.25) is 4.79 Å². The highest BCUT2D eigenvalue weighted by molar-refractivity contribution is 6.31. The molecule has 0 saturated carbocycles. The molecular weight excluding hydrogens is 396 g/mol. The zero-order valence-electron chi connectivity index (χ0n) is 16.6. The summed E-state index contributed by atoms with van der Waals surface area (Å²) in [5.41, 5.74) is 5.74. The minimum absolute atomic E-state index is 0.104. The Morgan fingerprint density at radius 3 is 2.53 bits per heavy atom. The number of imidazole rings is 1. The molecule has 0 aliphatic carbocycles. The molecule has 0 unspecified atom stereocenters. The molecule has 1 aromatic heterocycles. The first-order chi connectivity index (χ1) is 14.6. The average Bonchev–Trinajstić information content (AvgIpc) is 3.11. The molecule has 0 radical (unpaired) electrons. The maximum absolute atomic E-state index is 12.4. The van der Waals surface area contributed by atoms with Gasteiger partial charge in [0.25, 0.3) is 5.91 Å². The molecule has 4 aromatic rings. The van der Waals surface area contributed by atoms with Gasteiger partial charge in [0.1, 0.15) is 5.82 Å². The summed E-state index contributed by atoms with van der Waals surface area (Å²) in [6.07, 6.45) is 0. The number of carbonyl (C=O) groups is 1. The van der Waals surface area contributed by atoms with E-state index in [2.05, 4.69) is 14.8 Å². The van der Waals surface area contributed by atoms with Crippen LogP contribution in [0, 0.1) is 6.92 Å². The molecule has 0 saturated heterocycles. The van der Waals surface area contributed by atoms with Crippen molar-refractivity contribution in [2.75, 3.05) is 16.8 Å². The molecule has 2 heterocycles. The van der Waals surface area contributed by atoms with Gasteiger partial charge in [0.2, 0.25) is 0 Å². The quantitative estimate of drug-likeness (QED) is 0.495. The molecule has 6 heteroatoms. The number of carbonyl (C=O) groups excluding carboxylic acids is 1. The number of fused-ring (bicyclic) bond motifs is 3. The zero-order chi connectivity index (χ0) is 20.7. The lowest BCUT2D eigenvalue weighted by Crippen LogP contribution is -2.33. The van der Waals surface area contributed by atoms with Gasteiger partial charge in [0, 0.05) is 35.1 Å². The zero-order valence-corrected chi connectivity index (χ0v) is 17.4. The number of hydrogen-bond acceptors (Lipinski definition) is 3. The number of hydrogen-bond donors (Lipinski definition) is 1. The fraction of sp³-hybridized carbons (Fsp3) is 0.167. The summed E-state index contributed by atoms with van der Waals surface area (Å²) < 4.78 is 2.26. The number of amides is 1. The van der Waals surface area contributed by atoms with Gasteiger partial charge < -0.3 is 14.8 Å². The van der Waals surface area contributed by atoms with E-state index in [1.54, 1.807) is 0 Å². The standard InChI is InChI=1S/C24H21ClN4O/c1-16-2-4-17(5-3-16)24(30)26-19-7-9-20(10-8-19)28-12-13-29-22-11-6-18(25)14-21(22)27-23(29)15-28/h2-11,14H,12-13,15H2,1H3,(H,26,30). The van der Waals surface area contributed by atoms with Gasteiger partial charge >= 0.3 is 0 Å². The molecule has 0 atom stereocenters. The Kier molecular flexibility index (Phi) is 4.68. The molecule has 1 aliphatic heterocycles. The van der Waals surface area contributed by atoms with Crippen molar-refractivity contribution in [2.45, 2.75) is 20.0 Å². The largest absolute Gasteiger partial charge is 0.362 e. The van der Waals surface area contributed by atoms with Gasteiger partial charge in [-0.15, -0.1) is 0 Å². The maximum atomic E-state index is 12.4. The Morgan fingerprint density at radius 1 is 1.00 bits per heavy atom. The smallest absolute Gasteiger partial charge is 0.255 e. The van der Waals surface area contributed by atoms with E-state index < -0.39 is 0 Å². The van der Waals surface area contributed by atoms with Gasteiger partial charge in [-0.1, -0.05) is 29.3 Å². The first-order valence-electron chi connectivity index (χ1n) is 9.94. The molecular formula is C24H21ClN4O. The first-order valence-corrected chi connectivity index (χ1v) is 10.3. The Hall–Kier alpha value is -3.31. The molecule has 1 amide bonds. The van der Waals surface area contributed by atoms with Crippen LogP contribution in [-0.4, -0.2) is 22.0 Å². The molecule has 3 aromatic carbocycles. The third-order valence-electron chi connectivity index (χ3n) is 5.52. The SMILES string of the molecule is Cc1ccc(C(=O)Nc2ccc(N3CCn4c(nc5cc(Cl)ccc54)C3)cc2)cc1. The fourth-order valence-electron chi connectivity index (χ4n) is 3.88. The predicted molar refractivity (Wildman–Crippen MR) is 121 cm³/mol. The van der Waals surface area contributed by atoms with Gasteiger partial charge in [0.05, 0.1) is 17.6 Å². The molecule has 1 aliphatic rings. The number of aryl methyl sites for hydroxylation is 1. The molecule has 1 N–H and O–H groups in total. The average molecular weight is 417 g/mol. The highest BCUT2D eigenvalue weighted by atomic mass is 35.5. The van der Waals surface area contributed by atoms with Crippen molar-refractivity contribution in [3.8, 4) is 0 Å². The minimum atomic E-state index is -0.104. The van der Waals surface area contributed by atoms with E-state index in [1.807, 2.05) is 73.7 Å². The van der Waals surface area contributed by atoms with Crippen molar-refractivity contribution in [2.24, 2.45) is 0 Å². The van der Waals surface area contributed by atoms with Crippen LogP contribution in [0.3, 0.4) is 0 Å². The number of anilines is 2. The lowest BCUT2D eigenvalue weighted by Gasteiger charge is -2.30. The molecule has 150 valence electrons. The highest BCUT2D eigenvalue weighted by Crippen LogP contribution is 2.27. The second kappa shape index (κ2) is 7.50. The minimum Gasteiger partial charge on any atom is -0.362 e. The Balaban J connectivity index is 1.31. The lowest BCUT2D eigenvalue weighted by atomic mass is 10.1. The number of nitrogens with zero attached hydrogens (tertiary/aromatic N) is 3. The van der Waals surface area contributed by atoms with Crippen molar-refractivity contribution in [3.63, 3.8) is 0 Å². The van der Waals surface area contributed by atoms with E-state index in [0.717, 1.165) is 53.4 Å². The summed E-state index contributed by atoms with van der Waals surface area (Å²) in [6.45, 7) is 4.52. The Bertz CT molecular complexity index is 1230. The monoisotopic (exact) mass is 416 g/mol. The van der Waals surface area contributed by atoms with Gasteiger partial charge in [-0.25, -0.2) is 4.98 Å². The summed E-state index contributed by atoms with van der Waals surface area (Å²) in [4.78, 5) is 19.5. The Morgan fingerprint density at radius 2 is 1.77 bits per heavy atom. The van der Waals surface area contributed by atoms with Crippen molar-refractivity contribution < 1.29 is 4.79 Å². The fourth-order valence-corrected chi connectivity index (χ4v) is 4.04. The van der Waals surface area contributed by atoms with E-state index in [4.69, 9.17) is 16.6 Å². The first kappa shape index (κ1) is 18.7. The summed E-state index contributed by atoms with van der Waals surface area (Å²) in [7, 11) is 0. The molecule has 0 spiro atoms. The molecule has 5 nitrogen and oxygen atoms in total. The van der Waals surface area contributed by atoms with Crippen LogP contribution in [0.1, 0.15) is 21.7 Å². The normalized spacial score (nSPS) is 13.3. The summed E-state index contributed by atoms with van der Waals surface area (Å²) in [5.74, 6) is 0.934. The Labute approximate surface area is 179 Å². The van der Waals surface area contributed by atoms with Crippen LogP contribution in [0.2, 0.25) is 5.02 Å². The van der Waals surface area contributed by atoms with Crippen molar-refractivity contribution in [1.82, 2.24) is 9.55 Å². The van der Waals surface area contributed by atoms with Crippen LogP contribution in [0.25, 0.3) is 11.0 Å². The third kappa shape index (κ3) is 3.53. The van der Waals surface area contributed by atoms with Crippen LogP contribution >= 0.6 is 11.6 Å². The van der Waals surface area contributed by atoms with E-state index in [1.165, 1.54) is 0 Å². The number of halogens is 1. The van der Waals surface area contributed by atoms with Crippen LogP contribution in [-0.2, 0) is 13.1 Å². The molecule has 5 rings (SSSR count). The van der Waals surface area contributed by atoms with Crippen LogP contribution in [0.4, 0.5) is 11.4 Å². The van der Waals surface area contributed by atoms with E-state index >= 15 is 0 Å². The van der Waals surface area contributed by atoms with Crippen molar-refractivity contribution in [1.29, 1.82) is 0 Å². The second-order valence-electron chi connectivity index (χ2n) is 7.60. The highest BCUT2D eigenvalue weighted by Gasteiger charge is 2.20. The maximum Gasteiger partial charge on any atom is 0.255 e. The number of nitrogens with one attached hydrogen (secondary N) is 1. The van der Waals surface area contributed by atoms with Crippen LogP contribution in [0.15, 0.2) is 66.7 Å². The van der Waals surface area contributed by atoms with E-state index in [9.17, 15) is 4.79 Å². The predicted octanol–water partition coefficient (Wildman–Crippen LogP) is 5.27. The van der Waals surface area contributed by atoms with Gasteiger partial charge in [0.15, 0.2) is 0 Å². The van der Waals surface area contributed by atoms with Gasteiger partial charge in [-0.05, 0) is 61.5 Å². The van der Waals surface area contributed by atoms with Crippen molar-refractivity contribution >= 4 is 39.9 Å². The summed E-state index contributed by atoms with van der Waals surface area (Å²) >= 11 is 6.11. The molecule has 0 fully saturated rings. The van der Waals surface area contributed by atoms with E-state index in [-0.39, 0.29) is 5.91 Å².